The lowest BCUT2D eigenvalue weighted by molar-refractivity contribution is -0.136. The fourth-order valence-electron chi connectivity index (χ4n) is 4.01. The van der Waals surface area contributed by atoms with Crippen LogP contribution >= 0.6 is 0 Å². The molecule has 2 fully saturated rings. The van der Waals surface area contributed by atoms with E-state index in [0.717, 1.165) is 29.7 Å². The van der Waals surface area contributed by atoms with Gasteiger partial charge >= 0.3 is 0 Å². The van der Waals surface area contributed by atoms with E-state index in [2.05, 4.69) is 21.2 Å². The number of nitrogens with one attached hydrogen (secondary N) is 3. The number of carbonyl (C=O) groups excluding carboxylic acids is 2. The van der Waals surface area contributed by atoms with Crippen molar-refractivity contribution in [1.82, 2.24) is 20.7 Å². The number of rotatable bonds is 4. The van der Waals surface area contributed by atoms with Gasteiger partial charge < -0.3 is 10.2 Å². The van der Waals surface area contributed by atoms with Crippen molar-refractivity contribution in [2.75, 3.05) is 18.4 Å². The van der Waals surface area contributed by atoms with Crippen LogP contribution in [0.15, 0.2) is 48.8 Å². The summed E-state index contributed by atoms with van der Waals surface area (Å²) in [5, 5.41) is 2.98. The topological polar surface area (TPSA) is 86.4 Å². The summed E-state index contributed by atoms with van der Waals surface area (Å²) in [5.41, 5.74) is 9.33. The molecule has 2 aliphatic rings. The number of amides is 2. The van der Waals surface area contributed by atoms with E-state index in [1.54, 1.807) is 6.20 Å². The van der Waals surface area contributed by atoms with Crippen molar-refractivity contribution in [2.45, 2.75) is 38.3 Å². The van der Waals surface area contributed by atoms with E-state index in [-0.39, 0.29) is 29.8 Å². The van der Waals surface area contributed by atoms with Crippen molar-refractivity contribution < 1.29 is 9.59 Å². The lowest BCUT2D eigenvalue weighted by Crippen LogP contribution is -2.50. The van der Waals surface area contributed by atoms with E-state index < -0.39 is 0 Å². The standard InChI is InChI=1S/C22H27N5O2/c1-15-6-8-18(9-7-15)24-21(28)17-5-3-11-27(14-17)22(29)20-12-19(25-26-20)16-4-2-10-23-13-16/h2,4,6-10,13,17,19-20,25-26H,3,5,11-12,14H2,1H3,(H,24,28). The molecular weight excluding hydrogens is 366 g/mol. The summed E-state index contributed by atoms with van der Waals surface area (Å²) in [4.78, 5) is 31.7. The van der Waals surface area contributed by atoms with Crippen LogP contribution < -0.4 is 16.2 Å². The quantitative estimate of drug-likeness (QED) is 0.741. The van der Waals surface area contributed by atoms with Crippen molar-refractivity contribution in [3.63, 3.8) is 0 Å². The molecule has 2 aliphatic heterocycles. The molecule has 0 radical (unpaired) electrons. The van der Waals surface area contributed by atoms with Crippen LogP contribution in [0.3, 0.4) is 0 Å². The van der Waals surface area contributed by atoms with E-state index in [9.17, 15) is 9.59 Å². The Bertz CT molecular complexity index is 855. The van der Waals surface area contributed by atoms with Crippen molar-refractivity contribution in [2.24, 2.45) is 5.92 Å². The molecule has 0 aliphatic carbocycles. The monoisotopic (exact) mass is 393 g/mol. The SMILES string of the molecule is Cc1ccc(NC(=O)C2CCCN(C(=O)C3CC(c4cccnc4)NN3)C2)cc1. The highest BCUT2D eigenvalue weighted by molar-refractivity contribution is 5.93. The maximum Gasteiger partial charge on any atom is 0.241 e. The first-order valence-corrected chi connectivity index (χ1v) is 10.2. The third kappa shape index (κ3) is 4.63. The Kier molecular flexibility index (Phi) is 5.87. The molecule has 152 valence electrons. The predicted octanol–water partition coefficient (Wildman–Crippen LogP) is 2.17. The van der Waals surface area contributed by atoms with Gasteiger partial charge in [-0.25, -0.2) is 10.9 Å². The van der Waals surface area contributed by atoms with Gasteiger partial charge in [0, 0.05) is 37.2 Å². The number of benzene rings is 1. The molecule has 29 heavy (non-hydrogen) atoms. The molecule has 2 saturated heterocycles. The van der Waals surface area contributed by atoms with Gasteiger partial charge in [-0.1, -0.05) is 23.8 Å². The fraction of sp³-hybridized carbons (Fsp3) is 0.409. The molecule has 3 atom stereocenters. The Balaban J connectivity index is 1.33. The van der Waals surface area contributed by atoms with Gasteiger partial charge in [0.15, 0.2) is 0 Å². The zero-order chi connectivity index (χ0) is 20.2. The molecule has 0 saturated carbocycles. The van der Waals surface area contributed by atoms with Gasteiger partial charge in [0.25, 0.3) is 0 Å². The van der Waals surface area contributed by atoms with E-state index >= 15 is 0 Å². The molecule has 0 spiro atoms. The van der Waals surface area contributed by atoms with Crippen molar-refractivity contribution in [1.29, 1.82) is 0 Å². The van der Waals surface area contributed by atoms with Crippen LogP contribution in [0.1, 0.15) is 36.4 Å². The van der Waals surface area contributed by atoms with E-state index in [1.165, 1.54) is 0 Å². The Morgan fingerprint density at radius 2 is 2.00 bits per heavy atom. The highest BCUT2D eigenvalue weighted by Gasteiger charge is 2.36. The molecule has 4 rings (SSSR count). The van der Waals surface area contributed by atoms with Crippen LogP contribution in [-0.2, 0) is 9.59 Å². The summed E-state index contributed by atoms with van der Waals surface area (Å²) in [6.45, 7) is 3.18. The number of aromatic nitrogens is 1. The Hall–Kier alpha value is -2.77. The number of pyridine rings is 1. The van der Waals surface area contributed by atoms with Crippen molar-refractivity contribution in [3.8, 4) is 0 Å². The first-order chi connectivity index (χ1) is 14.1. The van der Waals surface area contributed by atoms with Gasteiger partial charge in [-0.3, -0.25) is 14.6 Å². The second kappa shape index (κ2) is 8.71. The van der Waals surface area contributed by atoms with Crippen LogP contribution in [0.25, 0.3) is 0 Å². The van der Waals surface area contributed by atoms with Gasteiger partial charge in [0.05, 0.1) is 5.92 Å². The summed E-state index contributed by atoms with van der Waals surface area (Å²) in [5.74, 6) is -0.147. The minimum atomic E-state index is -0.292. The highest BCUT2D eigenvalue weighted by Crippen LogP contribution is 2.25. The second-order valence-corrected chi connectivity index (χ2v) is 7.89. The molecule has 3 N–H and O–H groups in total. The molecule has 7 nitrogen and oxygen atoms in total. The van der Waals surface area contributed by atoms with Gasteiger partial charge in [-0.15, -0.1) is 0 Å². The Labute approximate surface area is 170 Å². The highest BCUT2D eigenvalue weighted by atomic mass is 16.2. The molecule has 7 heteroatoms. The Morgan fingerprint density at radius 3 is 2.76 bits per heavy atom. The second-order valence-electron chi connectivity index (χ2n) is 7.89. The van der Waals surface area contributed by atoms with Gasteiger partial charge in [0.1, 0.15) is 6.04 Å². The Morgan fingerprint density at radius 1 is 1.17 bits per heavy atom. The third-order valence-corrected chi connectivity index (χ3v) is 5.71. The first kappa shape index (κ1) is 19.5. The number of hydrogen-bond donors (Lipinski definition) is 3. The number of nitrogens with zero attached hydrogens (tertiary/aromatic N) is 2. The molecule has 1 aromatic heterocycles. The molecule has 3 unspecified atom stereocenters. The maximum absolute atomic E-state index is 13.0. The number of aryl methyl sites for hydroxylation is 1. The van der Waals surface area contributed by atoms with Crippen molar-refractivity contribution >= 4 is 17.5 Å². The van der Waals surface area contributed by atoms with E-state index in [1.807, 2.05) is 54.4 Å². The summed E-state index contributed by atoms with van der Waals surface area (Å²) in [6.07, 6.45) is 5.86. The van der Waals surface area contributed by atoms with Crippen LogP contribution in [0, 0.1) is 12.8 Å². The number of anilines is 1. The predicted molar refractivity (Wildman–Crippen MR) is 111 cm³/mol. The lowest BCUT2D eigenvalue weighted by Gasteiger charge is -2.33. The number of hydrogen-bond acceptors (Lipinski definition) is 5. The van der Waals surface area contributed by atoms with Crippen LogP contribution in [-0.4, -0.2) is 40.8 Å². The number of piperidine rings is 1. The number of likely N-dealkylation sites (tertiary alicyclic amines) is 1. The zero-order valence-corrected chi connectivity index (χ0v) is 16.6. The zero-order valence-electron chi connectivity index (χ0n) is 16.6. The van der Waals surface area contributed by atoms with E-state index in [4.69, 9.17) is 0 Å². The van der Waals surface area contributed by atoms with E-state index in [0.29, 0.717) is 19.5 Å². The summed E-state index contributed by atoms with van der Waals surface area (Å²) < 4.78 is 0. The molecule has 3 heterocycles. The maximum atomic E-state index is 13.0. The minimum absolute atomic E-state index is 0.0166. The van der Waals surface area contributed by atoms with Gasteiger partial charge in [-0.05, 0) is 49.9 Å². The molecular formula is C22H27N5O2. The third-order valence-electron chi connectivity index (χ3n) is 5.71. The lowest BCUT2D eigenvalue weighted by atomic mass is 9.95. The summed E-state index contributed by atoms with van der Waals surface area (Å²) >= 11 is 0. The molecule has 0 bridgehead atoms. The van der Waals surface area contributed by atoms with Crippen molar-refractivity contribution in [3.05, 3.63) is 59.9 Å². The average molecular weight is 393 g/mol. The van der Waals surface area contributed by atoms with Gasteiger partial charge in [-0.2, -0.15) is 0 Å². The molecule has 1 aromatic carbocycles. The molecule has 2 aromatic rings. The first-order valence-electron chi connectivity index (χ1n) is 10.2. The smallest absolute Gasteiger partial charge is 0.241 e. The normalized spacial score (nSPS) is 24.3. The average Bonchev–Trinajstić information content (AvgIpc) is 3.26. The van der Waals surface area contributed by atoms with Crippen LogP contribution in [0.5, 0.6) is 0 Å². The summed E-state index contributed by atoms with van der Waals surface area (Å²) in [6, 6.07) is 11.4. The van der Waals surface area contributed by atoms with Crippen LogP contribution in [0.4, 0.5) is 5.69 Å². The largest absolute Gasteiger partial charge is 0.341 e. The fourth-order valence-corrected chi connectivity index (χ4v) is 4.01. The number of hydrazine groups is 1. The minimum Gasteiger partial charge on any atom is -0.341 e. The summed E-state index contributed by atoms with van der Waals surface area (Å²) in [7, 11) is 0. The molecule has 2 amide bonds. The van der Waals surface area contributed by atoms with Crippen LogP contribution in [0.2, 0.25) is 0 Å². The number of carbonyl (C=O) groups is 2. The van der Waals surface area contributed by atoms with Gasteiger partial charge in [0.2, 0.25) is 11.8 Å².